The summed E-state index contributed by atoms with van der Waals surface area (Å²) in [5, 5.41) is 0. The highest BCUT2D eigenvalue weighted by Gasteiger charge is 2.29. The lowest BCUT2D eigenvalue weighted by atomic mass is 10.1. The van der Waals surface area contributed by atoms with Crippen LogP contribution in [-0.4, -0.2) is 24.3 Å². The summed E-state index contributed by atoms with van der Waals surface area (Å²) in [6.07, 6.45) is 4.95. The molecule has 0 bridgehead atoms. The Morgan fingerprint density at radius 1 is 1.00 bits per heavy atom. The van der Waals surface area contributed by atoms with Crippen LogP contribution >= 0.6 is 0 Å². The second kappa shape index (κ2) is 12.1. The Kier molecular flexibility index (Phi) is 8.38. The van der Waals surface area contributed by atoms with Gasteiger partial charge in [-0.3, -0.25) is 4.79 Å². The molecule has 0 spiro atoms. The average Bonchev–Trinajstić information content (AvgIpc) is 3.36. The van der Waals surface area contributed by atoms with Crippen molar-refractivity contribution in [3.8, 4) is 0 Å². The predicted molar refractivity (Wildman–Crippen MR) is 156 cm³/mol. The molecule has 3 aromatic carbocycles. The average molecular weight is 555 g/mol. The van der Waals surface area contributed by atoms with E-state index in [0.29, 0.717) is 31.6 Å². The van der Waals surface area contributed by atoms with Crippen molar-refractivity contribution in [3.63, 3.8) is 0 Å². The Balaban J connectivity index is 1.41. The van der Waals surface area contributed by atoms with Gasteiger partial charge in [0, 0.05) is 24.3 Å². The number of rotatable bonds is 10. The first-order valence-corrected chi connectivity index (χ1v) is 15.2. The minimum Gasteiger partial charge on any atom is -0.306 e. The van der Waals surface area contributed by atoms with E-state index in [1.807, 2.05) is 80.6 Å². The lowest BCUT2D eigenvalue weighted by Gasteiger charge is -2.24. The molecular weight excluding hydrogens is 520 g/mol. The number of hydrogen-bond acceptors (Lipinski definition) is 5. The molecule has 5 rings (SSSR count). The highest BCUT2D eigenvalue weighted by molar-refractivity contribution is 7.89. The molecule has 0 saturated carbocycles. The number of fused-ring (bicyclic) bond motifs is 1. The maximum atomic E-state index is 13.6. The normalized spacial score (nSPS) is 14.6. The van der Waals surface area contributed by atoms with E-state index in [9.17, 15) is 13.2 Å². The summed E-state index contributed by atoms with van der Waals surface area (Å²) in [4.78, 5) is 24.3. The number of nitrogens with one attached hydrogen (secondary N) is 1. The standard InChI is InChI=1S/C32H34N4O3S/c1-3-24-9-15-29(16-10-24)40(38,39)35-31-17-13-26-12-14-28(21-30(26)31)36(22-27-19-20-33-23(2)34-27)32(37)18-11-25-7-5-4-6-8-25/h4-10,12,14-16,19-21,31,35H,3,11,13,17-18,22H2,1-2H3. The fourth-order valence-corrected chi connectivity index (χ4v) is 6.40. The fraction of sp³-hybridized carbons (Fsp3) is 0.281. The number of nitrogens with zero attached hydrogens (tertiary/aromatic N) is 3. The number of aryl methyl sites for hydroxylation is 4. The molecule has 1 aromatic heterocycles. The second-order valence-electron chi connectivity index (χ2n) is 10.2. The van der Waals surface area contributed by atoms with Gasteiger partial charge in [0.25, 0.3) is 0 Å². The van der Waals surface area contributed by atoms with Crippen LogP contribution in [0.3, 0.4) is 0 Å². The summed E-state index contributed by atoms with van der Waals surface area (Å²) in [6, 6.07) is 24.3. The minimum absolute atomic E-state index is 0.0220. The summed E-state index contributed by atoms with van der Waals surface area (Å²) in [6.45, 7) is 4.17. The first-order valence-electron chi connectivity index (χ1n) is 13.7. The van der Waals surface area contributed by atoms with Crippen LogP contribution in [0.5, 0.6) is 0 Å². The van der Waals surface area contributed by atoms with Crippen LogP contribution in [0, 0.1) is 6.92 Å². The van der Waals surface area contributed by atoms with Gasteiger partial charge in [-0.15, -0.1) is 0 Å². The number of anilines is 1. The number of carbonyl (C=O) groups excluding carboxylic acids is 1. The maximum Gasteiger partial charge on any atom is 0.241 e. The number of hydrogen-bond donors (Lipinski definition) is 1. The Hall–Kier alpha value is -3.88. The van der Waals surface area contributed by atoms with Crippen LogP contribution in [-0.2, 0) is 40.6 Å². The van der Waals surface area contributed by atoms with Gasteiger partial charge in [-0.2, -0.15) is 0 Å². The molecule has 0 aliphatic heterocycles. The summed E-state index contributed by atoms with van der Waals surface area (Å²) in [7, 11) is -3.70. The van der Waals surface area contributed by atoms with Gasteiger partial charge in [0.2, 0.25) is 15.9 Å². The molecule has 1 heterocycles. The third kappa shape index (κ3) is 6.46. The van der Waals surface area contributed by atoms with Crippen molar-refractivity contribution in [3.05, 3.63) is 119 Å². The van der Waals surface area contributed by atoms with Crippen molar-refractivity contribution in [2.45, 2.75) is 63.4 Å². The number of amides is 1. The van der Waals surface area contributed by atoms with Crippen LogP contribution in [0.15, 0.2) is 90.0 Å². The van der Waals surface area contributed by atoms with Crippen molar-refractivity contribution in [1.82, 2.24) is 14.7 Å². The molecule has 1 aliphatic rings. The Labute approximate surface area is 236 Å². The molecule has 40 heavy (non-hydrogen) atoms. The highest BCUT2D eigenvalue weighted by atomic mass is 32.2. The van der Waals surface area contributed by atoms with Gasteiger partial charge < -0.3 is 4.90 Å². The Bertz CT molecular complexity index is 1590. The largest absolute Gasteiger partial charge is 0.306 e. The Morgan fingerprint density at radius 2 is 1.77 bits per heavy atom. The van der Waals surface area contributed by atoms with Gasteiger partial charge in [0.15, 0.2) is 0 Å². The van der Waals surface area contributed by atoms with Crippen molar-refractivity contribution < 1.29 is 13.2 Å². The van der Waals surface area contributed by atoms with Crippen LogP contribution < -0.4 is 9.62 Å². The van der Waals surface area contributed by atoms with Gasteiger partial charge in [0.05, 0.1) is 17.1 Å². The topological polar surface area (TPSA) is 92.3 Å². The number of aromatic nitrogens is 2. The molecule has 0 radical (unpaired) electrons. The summed E-state index contributed by atoms with van der Waals surface area (Å²) in [5.74, 6) is 0.621. The highest BCUT2D eigenvalue weighted by Crippen LogP contribution is 2.36. The van der Waals surface area contributed by atoms with Gasteiger partial charge in [-0.25, -0.2) is 23.1 Å². The number of carbonyl (C=O) groups is 1. The molecule has 8 heteroatoms. The van der Waals surface area contributed by atoms with E-state index in [1.165, 1.54) is 0 Å². The zero-order chi connectivity index (χ0) is 28.1. The van der Waals surface area contributed by atoms with Crippen LogP contribution in [0.4, 0.5) is 5.69 Å². The van der Waals surface area contributed by atoms with Crippen LogP contribution in [0.25, 0.3) is 0 Å². The van der Waals surface area contributed by atoms with Crippen molar-refractivity contribution >= 4 is 21.6 Å². The van der Waals surface area contributed by atoms with Gasteiger partial charge >= 0.3 is 0 Å². The van der Waals surface area contributed by atoms with Crippen molar-refractivity contribution in [2.75, 3.05) is 4.90 Å². The van der Waals surface area contributed by atoms with E-state index < -0.39 is 10.0 Å². The molecular formula is C32H34N4O3S. The quantitative estimate of drug-likeness (QED) is 0.280. The van der Waals surface area contributed by atoms with Crippen molar-refractivity contribution in [2.24, 2.45) is 0 Å². The van der Waals surface area contributed by atoms with E-state index in [0.717, 1.165) is 46.5 Å². The Morgan fingerprint density at radius 3 is 2.50 bits per heavy atom. The summed E-state index contributed by atoms with van der Waals surface area (Å²) >= 11 is 0. The molecule has 1 aliphatic carbocycles. The summed E-state index contributed by atoms with van der Waals surface area (Å²) in [5.41, 5.74) is 5.66. The van der Waals surface area contributed by atoms with Crippen LogP contribution in [0.1, 0.15) is 59.6 Å². The zero-order valence-electron chi connectivity index (χ0n) is 22.9. The summed E-state index contributed by atoms with van der Waals surface area (Å²) < 4.78 is 29.4. The third-order valence-electron chi connectivity index (χ3n) is 7.38. The SMILES string of the molecule is CCc1ccc(S(=O)(=O)NC2CCc3ccc(N(Cc4ccnc(C)n4)C(=O)CCc4ccccc4)cc32)cc1. The zero-order valence-corrected chi connectivity index (χ0v) is 23.7. The smallest absolute Gasteiger partial charge is 0.241 e. The minimum atomic E-state index is -3.70. The van der Waals surface area contributed by atoms with Gasteiger partial charge in [-0.05, 0) is 85.2 Å². The molecule has 0 saturated heterocycles. The molecule has 1 atom stereocenters. The van der Waals surface area contributed by atoms with E-state index in [-0.39, 0.29) is 16.8 Å². The fourth-order valence-electron chi connectivity index (χ4n) is 5.15. The van der Waals surface area contributed by atoms with Crippen LogP contribution in [0.2, 0.25) is 0 Å². The van der Waals surface area contributed by atoms with E-state index in [2.05, 4.69) is 14.7 Å². The van der Waals surface area contributed by atoms with E-state index in [1.54, 1.807) is 23.2 Å². The van der Waals surface area contributed by atoms with E-state index in [4.69, 9.17) is 0 Å². The maximum absolute atomic E-state index is 13.6. The molecule has 4 aromatic rings. The van der Waals surface area contributed by atoms with Crippen molar-refractivity contribution in [1.29, 1.82) is 0 Å². The number of sulfonamides is 1. The molecule has 7 nitrogen and oxygen atoms in total. The van der Waals surface area contributed by atoms with E-state index >= 15 is 0 Å². The first-order chi connectivity index (χ1) is 19.3. The first kappa shape index (κ1) is 27.7. The van der Waals surface area contributed by atoms with Gasteiger partial charge in [0.1, 0.15) is 5.82 Å². The number of benzene rings is 3. The second-order valence-corrected chi connectivity index (χ2v) is 11.9. The lowest BCUT2D eigenvalue weighted by molar-refractivity contribution is -0.118. The van der Waals surface area contributed by atoms with Gasteiger partial charge in [-0.1, -0.05) is 55.5 Å². The monoisotopic (exact) mass is 554 g/mol. The third-order valence-corrected chi connectivity index (χ3v) is 8.87. The lowest BCUT2D eigenvalue weighted by Crippen LogP contribution is -2.31. The molecule has 1 unspecified atom stereocenters. The molecule has 0 fully saturated rings. The molecule has 206 valence electrons. The molecule has 1 N–H and O–H groups in total. The predicted octanol–water partition coefficient (Wildman–Crippen LogP) is 5.48. The molecule has 1 amide bonds.